The van der Waals surface area contributed by atoms with Crippen molar-refractivity contribution in [3.05, 3.63) is 64.7 Å². The highest BCUT2D eigenvalue weighted by Crippen LogP contribution is 2.34. The lowest BCUT2D eigenvalue weighted by atomic mass is 9.99. The number of halogens is 1. The lowest BCUT2D eigenvalue weighted by Gasteiger charge is -2.32. The Balaban J connectivity index is 1.36. The molecule has 2 aromatic heterocycles. The van der Waals surface area contributed by atoms with E-state index in [-0.39, 0.29) is 12.3 Å². The van der Waals surface area contributed by atoms with E-state index in [9.17, 15) is 0 Å². The molecule has 4 heterocycles. The molecule has 2 N–H and O–H groups in total. The monoisotopic (exact) mass is 450 g/mol. The Labute approximate surface area is 192 Å². The zero-order valence-electron chi connectivity index (χ0n) is 18.1. The molecule has 5 rings (SSSR count). The number of nitrogens with zero attached hydrogens (tertiary/aromatic N) is 4. The molecule has 8 heteroatoms. The number of nitrogens with one attached hydrogen (secondary N) is 2. The number of benzene rings is 1. The highest BCUT2D eigenvalue weighted by molar-refractivity contribution is 6.31. The Morgan fingerprint density at radius 3 is 2.94 bits per heavy atom. The standard InChI is InChI=1S/C24H27ClN6O/c1-16(29-23-22-19(27-15-28-23)8-5-9-26-22)20-14-17-6-4-7-18(25)21(17)24(30-20)32-13-12-31-10-2-3-11-31/h4-9,14-16,24,30H,2-3,10-13H2,1H3,(H,27,28,29)/t16-,24?/m0/s1. The first kappa shape index (κ1) is 21.1. The van der Waals surface area contributed by atoms with Crippen molar-refractivity contribution in [2.75, 3.05) is 31.6 Å². The molecular weight excluding hydrogens is 424 g/mol. The normalized spacial score (nSPS) is 19.3. The van der Waals surface area contributed by atoms with E-state index in [2.05, 4.69) is 49.6 Å². The molecule has 0 amide bonds. The number of hydrogen-bond acceptors (Lipinski definition) is 7. The predicted molar refractivity (Wildman–Crippen MR) is 127 cm³/mol. The summed E-state index contributed by atoms with van der Waals surface area (Å²) < 4.78 is 6.31. The van der Waals surface area contributed by atoms with Crippen LogP contribution in [0.3, 0.4) is 0 Å². The summed E-state index contributed by atoms with van der Waals surface area (Å²) >= 11 is 6.56. The average molecular weight is 451 g/mol. The van der Waals surface area contributed by atoms with Crippen LogP contribution in [0.1, 0.15) is 37.1 Å². The molecule has 1 unspecified atom stereocenters. The van der Waals surface area contributed by atoms with Crippen molar-refractivity contribution >= 4 is 34.5 Å². The number of rotatable bonds is 7. The molecule has 2 aliphatic heterocycles. The maximum Gasteiger partial charge on any atom is 0.156 e. The number of pyridine rings is 1. The van der Waals surface area contributed by atoms with Crippen LogP contribution in [0.2, 0.25) is 5.02 Å². The summed E-state index contributed by atoms with van der Waals surface area (Å²) in [6.45, 7) is 5.99. The second kappa shape index (κ2) is 9.40. The van der Waals surface area contributed by atoms with Crippen LogP contribution in [-0.4, -0.2) is 52.1 Å². The second-order valence-electron chi connectivity index (χ2n) is 8.25. The van der Waals surface area contributed by atoms with Gasteiger partial charge in [0.05, 0.1) is 18.2 Å². The second-order valence-corrected chi connectivity index (χ2v) is 8.65. The average Bonchev–Trinajstić information content (AvgIpc) is 3.33. The maximum absolute atomic E-state index is 6.56. The molecule has 2 aliphatic rings. The van der Waals surface area contributed by atoms with E-state index in [0.29, 0.717) is 17.4 Å². The van der Waals surface area contributed by atoms with Gasteiger partial charge >= 0.3 is 0 Å². The molecule has 1 aromatic carbocycles. The molecule has 3 aromatic rings. The van der Waals surface area contributed by atoms with Crippen molar-refractivity contribution in [1.29, 1.82) is 0 Å². The summed E-state index contributed by atoms with van der Waals surface area (Å²) in [7, 11) is 0. The number of anilines is 1. The Hall–Kier alpha value is -2.74. The van der Waals surface area contributed by atoms with E-state index in [1.807, 2.05) is 24.3 Å². The van der Waals surface area contributed by atoms with Crippen LogP contribution in [0.4, 0.5) is 5.82 Å². The molecular formula is C24H27ClN6O. The molecule has 1 fully saturated rings. The Bertz CT molecular complexity index is 1130. The Morgan fingerprint density at radius 1 is 1.19 bits per heavy atom. The number of likely N-dealkylation sites (tertiary alicyclic amines) is 1. The van der Waals surface area contributed by atoms with Crippen LogP contribution >= 0.6 is 11.6 Å². The summed E-state index contributed by atoms with van der Waals surface area (Å²) in [4.78, 5) is 15.6. The van der Waals surface area contributed by atoms with Crippen LogP contribution in [0.5, 0.6) is 0 Å². The molecule has 7 nitrogen and oxygen atoms in total. The quantitative estimate of drug-likeness (QED) is 0.557. The van der Waals surface area contributed by atoms with Crippen LogP contribution in [0, 0.1) is 0 Å². The van der Waals surface area contributed by atoms with Gasteiger partial charge in [0.1, 0.15) is 11.8 Å². The van der Waals surface area contributed by atoms with Crippen LogP contribution in [-0.2, 0) is 4.74 Å². The fourth-order valence-corrected chi connectivity index (χ4v) is 4.63. The molecule has 1 saturated heterocycles. The van der Waals surface area contributed by atoms with Gasteiger partial charge in [0.25, 0.3) is 0 Å². The highest BCUT2D eigenvalue weighted by atomic mass is 35.5. The predicted octanol–water partition coefficient (Wildman–Crippen LogP) is 4.23. The molecule has 0 saturated carbocycles. The maximum atomic E-state index is 6.56. The molecule has 0 aliphatic carbocycles. The van der Waals surface area contributed by atoms with E-state index >= 15 is 0 Å². The van der Waals surface area contributed by atoms with Crippen molar-refractivity contribution in [1.82, 2.24) is 25.2 Å². The lowest BCUT2D eigenvalue weighted by molar-refractivity contribution is 0.0230. The fourth-order valence-electron chi connectivity index (χ4n) is 4.35. The van der Waals surface area contributed by atoms with Gasteiger partial charge in [0.15, 0.2) is 12.0 Å². The van der Waals surface area contributed by atoms with E-state index in [0.717, 1.165) is 47.5 Å². The van der Waals surface area contributed by atoms with Crippen molar-refractivity contribution in [2.24, 2.45) is 0 Å². The van der Waals surface area contributed by atoms with E-state index < -0.39 is 0 Å². The topological polar surface area (TPSA) is 75.2 Å². The molecule has 2 atom stereocenters. The zero-order chi connectivity index (χ0) is 21.9. The highest BCUT2D eigenvalue weighted by Gasteiger charge is 2.26. The van der Waals surface area contributed by atoms with Gasteiger partial charge in [0.2, 0.25) is 0 Å². The number of aromatic nitrogens is 3. The zero-order valence-corrected chi connectivity index (χ0v) is 18.8. The van der Waals surface area contributed by atoms with Gasteiger partial charge in [-0.1, -0.05) is 23.7 Å². The first-order valence-corrected chi connectivity index (χ1v) is 11.5. The SMILES string of the molecule is C[C@H](Nc1ncnc2cccnc12)C1=Cc2cccc(Cl)c2C(OCCN2CCCC2)N1. The molecule has 0 spiro atoms. The van der Waals surface area contributed by atoms with Gasteiger partial charge in [-0.25, -0.2) is 9.97 Å². The Kier molecular flexibility index (Phi) is 6.21. The molecule has 32 heavy (non-hydrogen) atoms. The third kappa shape index (κ3) is 4.41. The summed E-state index contributed by atoms with van der Waals surface area (Å²) in [5.74, 6) is 0.703. The van der Waals surface area contributed by atoms with Gasteiger partial charge in [0, 0.05) is 29.0 Å². The van der Waals surface area contributed by atoms with E-state index in [1.54, 1.807) is 12.5 Å². The van der Waals surface area contributed by atoms with Crippen molar-refractivity contribution < 1.29 is 4.74 Å². The van der Waals surface area contributed by atoms with E-state index in [1.165, 1.54) is 12.8 Å². The van der Waals surface area contributed by atoms with Gasteiger partial charge in [-0.05, 0) is 62.7 Å². The van der Waals surface area contributed by atoms with Gasteiger partial charge in [-0.3, -0.25) is 4.98 Å². The minimum absolute atomic E-state index is 0.0491. The number of ether oxygens (including phenoxy) is 1. The van der Waals surface area contributed by atoms with Crippen molar-refractivity contribution in [2.45, 2.75) is 32.0 Å². The molecule has 0 radical (unpaired) electrons. The van der Waals surface area contributed by atoms with Crippen LogP contribution < -0.4 is 10.6 Å². The van der Waals surface area contributed by atoms with Crippen LogP contribution in [0.15, 0.2) is 48.6 Å². The van der Waals surface area contributed by atoms with Gasteiger partial charge < -0.3 is 20.3 Å². The minimum Gasteiger partial charge on any atom is -0.360 e. The molecule has 166 valence electrons. The smallest absolute Gasteiger partial charge is 0.156 e. The van der Waals surface area contributed by atoms with Gasteiger partial charge in [-0.15, -0.1) is 0 Å². The number of hydrogen-bond donors (Lipinski definition) is 2. The van der Waals surface area contributed by atoms with Crippen molar-refractivity contribution in [3.63, 3.8) is 0 Å². The van der Waals surface area contributed by atoms with Gasteiger partial charge in [-0.2, -0.15) is 0 Å². The third-order valence-corrected chi connectivity index (χ3v) is 6.39. The largest absolute Gasteiger partial charge is 0.360 e. The van der Waals surface area contributed by atoms with E-state index in [4.69, 9.17) is 16.3 Å². The summed E-state index contributed by atoms with van der Waals surface area (Å²) in [6.07, 6.45) is 7.68. The Morgan fingerprint density at radius 2 is 2.06 bits per heavy atom. The third-order valence-electron chi connectivity index (χ3n) is 6.06. The number of fused-ring (bicyclic) bond motifs is 2. The summed E-state index contributed by atoms with van der Waals surface area (Å²) in [5, 5.41) is 7.75. The minimum atomic E-state index is -0.300. The lowest BCUT2D eigenvalue weighted by Crippen LogP contribution is -2.36. The van der Waals surface area contributed by atoms with Crippen LogP contribution in [0.25, 0.3) is 17.1 Å². The fraction of sp³-hybridized carbons (Fsp3) is 0.375. The summed E-state index contributed by atoms with van der Waals surface area (Å²) in [6, 6.07) is 9.72. The van der Waals surface area contributed by atoms with Crippen molar-refractivity contribution in [3.8, 4) is 0 Å². The summed E-state index contributed by atoms with van der Waals surface area (Å²) in [5.41, 5.74) is 4.62. The molecule has 0 bridgehead atoms. The first-order valence-electron chi connectivity index (χ1n) is 11.1. The first-order chi connectivity index (χ1) is 15.7.